The highest BCUT2D eigenvalue weighted by Gasteiger charge is 2.21. The zero-order valence-electron chi connectivity index (χ0n) is 15.1. The van der Waals surface area contributed by atoms with E-state index in [-0.39, 0.29) is 0 Å². The molecule has 0 fully saturated rings. The van der Waals surface area contributed by atoms with Crippen molar-refractivity contribution in [2.45, 2.75) is 33.6 Å². The molecule has 0 spiro atoms. The second kappa shape index (κ2) is 8.97. The van der Waals surface area contributed by atoms with E-state index in [2.05, 4.69) is 10.3 Å². The number of nitrogens with one attached hydrogen (secondary N) is 1. The molecule has 0 bridgehead atoms. The summed E-state index contributed by atoms with van der Waals surface area (Å²) in [6.07, 6.45) is 4.94. The molecule has 132 valence electrons. The molecular weight excluding hydrogens is 314 g/mol. The number of rotatable bonds is 6. The van der Waals surface area contributed by atoms with E-state index >= 15 is 0 Å². The molecule has 2 rings (SSSR count). The van der Waals surface area contributed by atoms with Gasteiger partial charge in [0.1, 0.15) is 0 Å². The number of carbonyl (C=O) groups excluding carboxylic acids is 2. The van der Waals surface area contributed by atoms with Crippen LogP contribution in [0.15, 0.2) is 42.7 Å². The first kappa shape index (κ1) is 18.6. The first-order valence-electron chi connectivity index (χ1n) is 8.64. The van der Waals surface area contributed by atoms with Crippen LogP contribution in [0.2, 0.25) is 0 Å². The maximum Gasteiger partial charge on any atom is 0.313 e. The summed E-state index contributed by atoms with van der Waals surface area (Å²) in [7, 11) is 0. The Morgan fingerprint density at radius 2 is 1.84 bits per heavy atom. The minimum absolute atomic E-state index is 0.492. The van der Waals surface area contributed by atoms with Crippen LogP contribution >= 0.6 is 0 Å². The van der Waals surface area contributed by atoms with Crippen molar-refractivity contribution in [3.05, 3.63) is 59.4 Å². The van der Waals surface area contributed by atoms with Crippen LogP contribution in [-0.4, -0.2) is 34.8 Å². The summed E-state index contributed by atoms with van der Waals surface area (Å²) in [5.74, 6) is -1.08. The molecule has 1 heterocycles. The van der Waals surface area contributed by atoms with E-state index in [1.807, 2.05) is 51.1 Å². The van der Waals surface area contributed by atoms with Crippen molar-refractivity contribution < 1.29 is 9.59 Å². The third-order valence-corrected chi connectivity index (χ3v) is 4.26. The summed E-state index contributed by atoms with van der Waals surface area (Å²) in [4.78, 5) is 30.5. The number of likely N-dealkylation sites (N-methyl/N-ethyl adjacent to an activating group) is 1. The lowest BCUT2D eigenvalue weighted by Gasteiger charge is -2.21. The summed E-state index contributed by atoms with van der Waals surface area (Å²) < 4.78 is 0. The molecule has 0 aliphatic rings. The average Bonchev–Trinajstić information content (AvgIpc) is 2.64. The summed E-state index contributed by atoms with van der Waals surface area (Å²) in [5, 5.41) is 2.80. The van der Waals surface area contributed by atoms with E-state index in [1.165, 1.54) is 0 Å². The van der Waals surface area contributed by atoms with Crippen molar-refractivity contribution in [2.24, 2.45) is 0 Å². The molecule has 25 heavy (non-hydrogen) atoms. The van der Waals surface area contributed by atoms with Crippen LogP contribution in [0.1, 0.15) is 30.5 Å². The number of pyridine rings is 1. The van der Waals surface area contributed by atoms with Crippen molar-refractivity contribution in [1.29, 1.82) is 0 Å². The normalized spacial score (nSPS) is 10.4. The molecule has 5 heteroatoms. The van der Waals surface area contributed by atoms with Crippen LogP contribution in [0.5, 0.6) is 0 Å². The van der Waals surface area contributed by atoms with Crippen molar-refractivity contribution in [3.8, 4) is 0 Å². The third-order valence-electron chi connectivity index (χ3n) is 4.26. The fraction of sp³-hybridized carbons (Fsp3) is 0.350. The Bertz CT molecular complexity index is 729. The van der Waals surface area contributed by atoms with Gasteiger partial charge in [-0.1, -0.05) is 25.1 Å². The van der Waals surface area contributed by atoms with E-state index in [0.717, 1.165) is 28.8 Å². The minimum Gasteiger partial charge on any atom is -0.334 e. The molecule has 5 nitrogen and oxygen atoms in total. The number of nitrogens with zero attached hydrogens (tertiary/aromatic N) is 2. The lowest BCUT2D eigenvalue weighted by molar-refractivity contribution is -0.143. The molecule has 1 N–H and O–H groups in total. The van der Waals surface area contributed by atoms with Gasteiger partial charge in [0.2, 0.25) is 0 Å². The van der Waals surface area contributed by atoms with Gasteiger partial charge >= 0.3 is 11.8 Å². The van der Waals surface area contributed by atoms with Crippen molar-refractivity contribution in [1.82, 2.24) is 9.88 Å². The molecule has 2 amide bonds. The van der Waals surface area contributed by atoms with Crippen LogP contribution in [0.25, 0.3) is 0 Å². The van der Waals surface area contributed by atoms with Crippen LogP contribution in [0.4, 0.5) is 5.69 Å². The number of amides is 2. The Hall–Kier alpha value is -2.69. The maximum atomic E-state index is 12.5. The highest BCUT2D eigenvalue weighted by Crippen LogP contribution is 2.21. The quantitative estimate of drug-likeness (QED) is 0.823. The van der Waals surface area contributed by atoms with Gasteiger partial charge in [-0.2, -0.15) is 0 Å². The summed E-state index contributed by atoms with van der Waals surface area (Å²) in [5.41, 5.74) is 3.82. The average molecular weight is 339 g/mol. The Morgan fingerprint density at radius 3 is 2.48 bits per heavy atom. The van der Waals surface area contributed by atoms with Crippen LogP contribution in [0.3, 0.4) is 0 Å². The molecule has 0 unspecified atom stereocenters. The van der Waals surface area contributed by atoms with Crippen molar-refractivity contribution in [2.75, 3.05) is 18.4 Å². The molecule has 1 aromatic heterocycles. The van der Waals surface area contributed by atoms with Gasteiger partial charge in [-0.15, -0.1) is 0 Å². The number of aromatic nitrogens is 1. The zero-order chi connectivity index (χ0) is 18.2. The van der Waals surface area contributed by atoms with Crippen LogP contribution < -0.4 is 5.32 Å². The van der Waals surface area contributed by atoms with E-state index in [4.69, 9.17) is 0 Å². The van der Waals surface area contributed by atoms with Gasteiger partial charge in [0.05, 0.1) is 0 Å². The number of carbonyl (C=O) groups is 2. The Labute approximate surface area is 149 Å². The molecule has 0 aliphatic carbocycles. The number of benzene rings is 1. The largest absolute Gasteiger partial charge is 0.334 e. The lowest BCUT2D eigenvalue weighted by atomic mass is 10.1. The molecule has 0 aliphatic heterocycles. The van der Waals surface area contributed by atoms with Gasteiger partial charge < -0.3 is 10.2 Å². The molecule has 0 atom stereocenters. The third kappa shape index (κ3) is 4.89. The van der Waals surface area contributed by atoms with E-state index in [9.17, 15) is 9.59 Å². The predicted molar refractivity (Wildman–Crippen MR) is 99.4 cm³/mol. The highest BCUT2D eigenvalue weighted by atomic mass is 16.2. The smallest absolute Gasteiger partial charge is 0.313 e. The Balaban J connectivity index is 2.03. The number of para-hydroxylation sites is 1. The molecule has 2 aromatic rings. The van der Waals surface area contributed by atoms with Crippen LogP contribution in [-0.2, 0) is 22.4 Å². The fourth-order valence-corrected chi connectivity index (χ4v) is 2.73. The summed E-state index contributed by atoms with van der Waals surface area (Å²) in [6, 6.07) is 9.69. The number of anilines is 1. The van der Waals surface area contributed by atoms with Gasteiger partial charge in [-0.3, -0.25) is 14.6 Å². The van der Waals surface area contributed by atoms with E-state index < -0.39 is 11.8 Å². The standard InChI is InChI=1S/C20H25N3O2/c1-4-17-8-6-7-15(3)18(17)22-19(24)20(25)23(5-2)14-11-16-9-12-21-13-10-16/h6-10,12-13H,4-5,11,14H2,1-3H3,(H,22,24). The van der Waals surface area contributed by atoms with E-state index in [1.54, 1.807) is 17.3 Å². The monoisotopic (exact) mass is 339 g/mol. The van der Waals surface area contributed by atoms with Crippen LogP contribution in [0, 0.1) is 6.92 Å². The highest BCUT2D eigenvalue weighted by molar-refractivity contribution is 6.39. The summed E-state index contributed by atoms with van der Waals surface area (Å²) >= 11 is 0. The predicted octanol–water partition coefficient (Wildman–Crippen LogP) is 2.98. The van der Waals surface area contributed by atoms with Gasteiger partial charge in [0.15, 0.2) is 0 Å². The maximum absolute atomic E-state index is 12.5. The zero-order valence-corrected chi connectivity index (χ0v) is 15.1. The van der Waals surface area contributed by atoms with Crippen molar-refractivity contribution in [3.63, 3.8) is 0 Å². The SMILES string of the molecule is CCc1cccc(C)c1NC(=O)C(=O)N(CC)CCc1ccncc1. The second-order valence-electron chi connectivity index (χ2n) is 5.91. The molecule has 0 saturated carbocycles. The van der Waals surface area contributed by atoms with Crippen molar-refractivity contribution >= 4 is 17.5 Å². The molecule has 1 aromatic carbocycles. The first-order valence-corrected chi connectivity index (χ1v) is 8.64. The number of hydrogen-bond acceptors (Lipinski definition) is 3. The lowest BCUT2D eigenvalue weighted by Crippen LogP contribution is -2.41. The fourth-order valence-electron chi connectivity index (χ4n) is 2.73. The minimum atomic E-state index is -0.583. The summed E-state index contributed by atoms with van der Waals surface area (Å²) in [6.45, 7) is 6.83. The Kier molecular flexibility index (Phi) is 6.69. The van der Waals surface area contributed by atoms with Gasteiger partial charge in [-0.25, -0.2) is 0 Å². The van der Waals surface area contributed by atoms with Gasteiger partial charge in [0, 0.05) is 31.2 Å². The molecular formula is C20H25N3O2. The number of hydrogen-bond donors (Lipinski definition) is 1. The first-order chi connectivity index (χ1) is 12.1. The van der Waals surface area contributed by atoms with E-state index in [0.29, 0.717) is 19.5 Å². The molecule has 0 radical (unpaired) electrons. The number of aryl methyl sites for hydroxylation is 2. The van der Waals surface area contributed by atoms with Gasteiger partial charge in [0.25, 0.3) is 0 Å². The second-order valence-corrected chi connectivity index (χ2v) is 5.91. The molecule has 0 saturated heterocycles. The Morgan fingerprint density at radius 1 is 1.12 bits per heavy atom. The van der Waals surface area contributed by atoms with Gasteiger partial charge in [-0.05, 0) is 55.5 Å². The topological polar surface area (TPSA) is 62.3 Å².